The second kappa shape index (κ2) is 9.73. The standard InChI is InChI=1S/C19H29N3O6S2/c1-2-29(24,25)21-9-7-17(8-10-21)19(23)20-15-16-3-5-18(6-4-16)30(26,27)22-11-13-28-14-12-22/h3-6,17H,2,7-15H2,1H3,(H,20,23). The lowest BCUT2D eigenvalue weighted by atomic mass is 9.97. The van der Waals surface area contributed by atoms with Gasteiger partial charge in [-0.3, -0.25) is 4.79 Å². The second-order valence-electron chi connectivity index (χ2n) is 7.45. The molecule has 0 spiro atoms. The summed E-state index contributed by atoms with van der Waals surface area (Å²) in [6.07, 6.45) is 1.00. The Morgan fingerprint density at radius 2 is 1.60 bits per heavy atom. The summed E-state index contributed by atoms with van der Waals surface area (Å²) in [4.78, 5) is 12.7. The molecule has 30 heavy (non-hydrogen) atoms. The monoisotopic (exact) mass is 459 g/mol. The number of rotatable bonds is 7. The van der Waals surface area contributed by atoms with E-state index in [1.54, 1.807) is 31.2 Å². The molecule has 1 amide bonds. The molecule has 11 heteroatoms. The predicted octanol–water partition coefficient (Wildman–Crippen LogP) is 0.385. The molecule has 0 radical (unpaired) electrons. The van der Waals surface area contributed by atoms with Crippen LogP contribution in [0.3, 0.4) is 0 Å². The smallest absolute Gasteiger partial charge is 0.243 e. The van der Waals surface area contributed by atoms with E-state index in [-0.39, 0.29) is 22.5 Å². The van der Waals surface area contributed by atoms with Crippen molar-refractivity contribution in [3.63, 3.8) is 0 Å². The Hall–Kier alpha value is -1.53. The lowest BCUT2D eigenvalue weighted by Crippen LogP contribution is -2.43. The van der Waals surface area contributed by atoms with Gasteiger partial charge >= 0.3 is 0 Å². The summed E-state index contributed by atoms with van der Waals surface area (Å²) in [6, 6.07) is 6.51. The highest BCUT2D eigenvalue weighted by Gasteiger charge is 2.30. The number of morpholine rings is 1. The maximum atomic E-state index is 12.6. The molecule has 1 aromatic carbocycles. The average Bonchev–Trinajstić information content (AvgIpc) is 2.78. The van der Waals surface area contributed by atoms with Gasteiger partial charge in [0, 0.05) is 38.6 Å². The number of nitrogens with one attached hydrogen (secondary N) is 1. The second-order valence-corrected chi connectivity index (χ2v) is 11.6. The van der Waals surface area contributed by atoms with E-state index in [9.17, 15) is 21.6 Å². The summed E-state index contributed by atoms with van der Waals surface area (Å²) < 4.78 is 57.2. The number of nitrogens with zero attached hydrogens (tertiary/aromatic N) is 2. The molecule has 1 aromatic rings. The minimum absolute atomic E-state index is 0.0706. The van der Waals surface area contributed by atoms with Crippen LogP contribution < -0.4 is 5.32 Å². The van der Waals surface area contributed by atoms with Crippen molar-refractivity contribution in [2.45, 2.75) is 31.2 Å². The van der Waals surface area contributed by atoms with Crippen molar-refractivity contribution in [2.75, 3.05) is 45.1 Å². The van der Waals surface area contributed by atoms with Gasteiger partial charge in [0.2, 0.25) is 26.0 Å². The Kier molecular flexibility index (Phi) is 7.51. The van der Waals surface area contributed by atoms with Gasteiger partial charge in [-0.2, -0.15) is 4.31 Å². The number of benzene rings is 1. The number of carbonyl (C=O) groups excluding carboxylic acids is 1. The molecule has 2 aliphatic rings. The van der Waals surface area contributed by atoms with Gasteiger partial charge in [-0.1, -0.05) is 12.1 Å². The molecule has 0 atom stereocenters. The van der Waals surface area contributed by atoms with Crippen LogP contribution in [0.5, 0.6) is 0 Å². The molecule has 2 saturated heterocycles. The summed E-state index contributed by atoms with van der Waals surface area (Å²) in [5, 5.41) is 2.87. The third kappa shape index (κ3) is 5.38. The normalized spacial score (nSPS) is 20.2. The molecule has 2 heterocycles. The van der Waals surface area contributed by atoms with Crippen LogP contribution >= 0.6 is 0 Å². The van der Waals surface area contributed by atoms with Gasteiger partial charge < -0.3 is 10.1 Å². The lowest BCUT2D eigenvalue weighted by Gasteiger charge is -2.30. The first-order valence-electron chi connectivity index (χ1n) is 10.2. The Morgan fingerprint density at radius 1 is 1.00 bits per heavy atom. The molecule has 0 bridgehead atoms. The molecule has 2 fully saturated rings. The molecule has 168 valence electrons. The summed E-state index contributed by atoms with van der Waals surface area (Å²) in [7, 11) is -6.74. The Bertz CT molecular complexity index is 933. The van der Waals surface area contributed by atoms with Crippen LogP contribution in [0.1, 0.15) is 25.3 Å². The van der Waals surface area contributed by atoms with Crippen LogP contribution in [0.25, 0.3) is 0 Å². The van der Waals surface area contributed by atoms with E-state index in [1.165, 1.54) is 8.61 Å². The van der Waals surface area contributed by atoms with Gasteiger partial charge in [0.1, 0.15) is 0 Å². The number of sulfonamides is 2. The van der Waals surface area contributed by atoms with Crippen molar-refractivity contribution in [1.82, 2.24) is 13.9 Å². The quantitative estimate of drug-likeness (QED) is 0.631. The van der Waals surface area contributed by atoms with Gasteiger partial charge in [-0.25, -0.2) is 21.1 Å². The minimum atomic E-state index is -3.53. The number of piperidine rings is 1. The summed E-state index contributed by atoms with van der Waals surface area (Å²) in [5.74, 6) is -0.246. The summed E-state index contributed by atoms with van der Waals surface area (Å²) >= 11 is 0. The molecule has 0 saturated carbocycles. The van der Waals surface area contributed by atoms with Crippen molar-refractivity contribution < 1.29 is 26.4 Å². The average molecular weight is 460 g/mol. The highest BCUT2D eigenvalue weighted by molar-refractivity contribution is 7.89. The van der Waals surface area contributed by atoms with Crippen LogP contribution in [0.15, 0.2) is 29.2 Å². The van der Waals surface area contributed by atoms with Crippen molar-refractivity contribution in [2.24, 2.45) is 5.92 Å². The van der Waals surface area contributed by atoms with Crippen LogP contribution in [-0.4, -0.2) is 76.5 Å². The zero-order valence-corrected chi connectivity index (χ0v) is 18.8. The molecule has 0 aromatic heterocycles. The topological polar surface area (TPSA) is 113 Å². The molecule has 1 N–H and O–H groups in total. The SMILES string of the molecule is CCS(=O)(=O)N1CCC(C(=O)NCc2ccc(S(=O)(=O)N3CCOCC3)cc2)CC1. The maximum absolute atomic E-state index is 12.6. The van der Waals surface area contributed by atoms with E-state index >= 15 is 0 Å². The first-order chi connectivity index (χ1) is 14.2. The number of ether oxygens (including phenoxy) is 1. The third-order valence-corrected chi connectivity index (χ3v) is 9.38. The Labute approximate surface area is 178 Å². The Balaban J connectivity index is 1.51. The highest BCUT2D eigenvalue weighted by Crippen LogP contribution is 2.21. The minimum Gasteiger partial charge on any atom is -0.379 e. The van der Waals surface area contributed by atoms with Gasteiger partial charge in [0.15, 0.2) is 0 Å². The Morgan fingerprint density at radius 3 is 2.17 bits per heavy atom. The van der Waals surface area contributed by atoms with Gasteiger partial charge in [0.05, 0.1) is 23.9 Å². The van der Waals surface area contributed by atoms with E-state index in [0.29, 0.717) is 58.8 Å². The number of hydrogen-bond donors (Lipinski definition) is 1. The fourth-order valence-corrected chi connectivity index (χ4v) is 6.17. The first kappa shape index (κ1) is 23.1. The van der Waals surface area contributed by atoms with Crippen LogP contribution in [-0.2, 0) is 36.1 Å². The first-order valence-corrected chi connectivity index (χ1v) is 13.2. The third-order valence-electron chi connectivity index (χ3n) is 5.58. The highest BCUT2D eigenvalue weighted by atomic mass is 32.2. The zero-order valence-electron chi connectivity index (χ0n) is 17.1. The number of amides is 1. The van der Waals surface area contributed by atoms with Crippen molar-refractivity contribution in [3.05, 3.63) is 29.8 Å². The molecular formula is C19H29N3O6S2. The van der Waals surface area contributed by atoms with Gasteiger partial charge in [-0.05, 0) is 37.5 Å². The zero-order chi connectivity index (χ0) is 21.8. The van der Waals surface area contributed by atoms with E-state index in [1.807, 2.05) is 0 Å². The molecule has 3 rings (SSSR count). The molecule has 9 nitrogen and oxygen atoms in total. The van der Waals surface area contributed by atoms with Crippen LogP contribution in [0.2, 0.25) is 0 Å². The number of carbonyl (C=O) groups is 1. The van der Waals surface area contributed by atoms with Crippen LogP contribution in [0, 0.1) is 5.92 Å². The molecular weight excluding hydrogens is 430 g/mol. The number of hydrogen-bond acceptors (Lipinski definition) is 6. The molecule has 2 aliphatic heterocycles. The van der Waals surface area contributed by atoms with E-state index in [4.69, 9.17) is 4.74 Å². The van der Waals surface area contributed by atoms with Gasteiger partial charge in [0.25, 0.3) is 0 Å². The van der Waals surface area contributed by atoms with Crippen molar-refractivity contribution >= 4 is 26.0 Å². The van der Waals surface area contributed by atoms with E-state index in [0.717, 1.165) is 5.56 Å². The fraction of sp³-hybridized carbons (Fsp3) is 0.632. The summed E-state index contributed by atoms with van der Waals surface area (Å²) in [5.41, 5.74) is 0.801. The van der Waals surface area contributed by atoms with Crippen molar-refractivity contribution in [1.29, 1.82) is 0 Å². The fourth-order valence-electron chi connectivity index (χ4n) is 3.63. The predicted molar refractivity (Wildman–Crippen MR) is 112 cm³/mol. The molecule has 0 aliphatic carbocycles. The largest absolute Gasteiger partial charge is 0.379 e. The maximum Gasteiger partial charge on any atom is 0.243 e. The molecule has 0 unspecified atom stereocenters. The summed E-state index contributed by atoms with van der Waals surface area (Å²) in [6.45, 7) is 4.12. The van der Waals surface area contributed by atoms with Crippen LogP contribution in [0.4, 0.5) is 0 Å². The van der Waals surface area contributed by atoms with E-state index in [2.05, 4.69) is 5.32 Å². The van der Waals surface area contributed by atoms with Crippen molar-refractivity contribution in [3.8, 4) is 0 Å². The lowest BCUT2D eigenvalue weighted by molar-refractivity contribution is -0.126. The van der Waals surface area contributed by atoms with Gasteiger partial charge in [-0.15, -0.1) is 0 Å². The van der Waals surface area contributed by atoms with E-state index < -0.39 is 20.0 Å².